The van der Waals surface area contributed by atoms with Crippen molar-refractivity contribution < 1.29 is 45.4 Å². The Hall–Kier alpha value is -2.51. The van der Waals surface area contributed by atoms with E-state index in [4.69, 9.17) is 0 Å². The molecule has 0 fully saturated rings. The molecule has 14 heteroatoms. The number of carbonyl (C=O) groups excluding carboxylic acids is 1. The number of fused-ring (bicyclic) bond motifs is 1. The molecule has 26 heavy (non-hydrogen) atoms. The van der Waals surface area contributed by atoms with Crippen LogP contribution < -0.4 is 10.9 Å². The summed E-state index contributed by atoms with van der Waals surface area (Å²) < 4.78 is 97.3. The van der Waals surface area contributed by atoms with Crippen molar-refractivity contribution >= 4 is 11.8 Å². The summed E-state index contributed by atoms with van der Waals surface area (Å²) in [7, 11) is 0. The fourth-order valence-electron chi connectivity index (χ4n) is 2.24. The summed E-state index contributed by atoms with van der Waals surface area (Å²) in [5.74, 6) is -15.7. The Morgan fingerprint density at radius 2 is 1.85 bits per heavy atom. The Kier molecular flexibility index (Phi) is 4.38. The quantitative estimate of drug-likeness (QED) is 0.533. The molecule has 3 N–H and O–H groups in total. The average Bonchev–Trinajstić information content (AvgIpc) is 2.88. The number of anilines is 1. The molecule has 1 atom stereocenters. The number of alkyl halides is 7. The fourth-order valence-corrected chi connectivity index (χ4v) is 2.24. The lowest BCUT2D eigenvalue weighted by Gasteiger charge is -2.42. The van der Waals surface area contributed by atoms with Crippen molar-refractivity contribution in [2.45, 2.75) is 30.7 Å². The number of hydrogen-bond acceptors (Lipinski definition) is 5. The van der Waals surface area contributed by atoms with Crippen LogP contribution in [-0.4, -0.2) is 45.5 Å². The van der Waals surface area contributed by atoms with Crippen molar-refractivity contribution in [1.82, 2.24) is 9.78 Å². The number of rotatable bonds is 4. The lowest BCUT2D eigenvalue weighted by molar-refractivity contribution is -0.396. The third-order valence-electron chi connectivity index (χ3n) is 3.48. The molecule has 1 unspecified atom stereocenters. The highest BCUT2D eigenvalue weighted by Gasteiger charge is 2.82. The molecule has 7 nitrogen and oxygen atoms in total. The van der Waals surface area contributed by atoms with E-state index in [-0.39, 0.29) is 10.9 Å². The third kappa shape index (κ3) is 2.47. The molecule has 0 aliphatic carbocycles. The van der Waals surface area contributed by atoms with Crippen LogP contribution in [0.25, 0.3) is 0 Å². The van der Waals surface area contributed by atoms with Gasteiger partial charge in [0.15, 0.2) is 0 Å². The van der Waals surface area contributed by atoms with E-state index < -0.39 is 53.3 Å². The minimum atomic E-state index is -6.79. The van der Waals surface area contributed by atoms with Gasteiger partial charge in [-0.05, 0) is 6.92 Å². The lowest BCUT2D eigenvalue weighted by atomic mass is 9.90. The van der Waals surface area contributed by atoms with Crippen LogP contribution in [0, 0.1) is 0 Å². The number of ether oxygens (including phenoxy) is 1. The number of hydrogen-bond donors (Lipinski definition) is 3. The maximum absolute atomic E-state index is 14.4. The van der Waals surface area contributed by atoms with Crippen LogP contribution in [0.3, 0.4) is 0 Å². The molecule has 0 radical (unpaired) electrons. The first-order valence-electron chi connectivity index (χ1n) is 6.73. The van der Waals surface area contributed by atoms with Gasteiger partial charge in [-0.2, -0.15) is 30.7 Å². The first-order valence-corrected chi connectivity index (χ1v) is 6.73. The van der Waals surface area contributed by atoms with Gasteiger partial charge in [0.25, 0.3) is 11.3 Å². The number of aromatic nitrogens is 2. The average molecular weight is 393 g/mol. The largest absolute Gasteiger partial charge is 0.462 e. The van der Waals surface area contributed by atoms with Crippen molar-refractivity contribution in [2.24, 2.45) is 0 Å². The molecule has 1 aliphatic rings. The number of esters is 1. The van der Waals surface area contributed by atoms with Crippen molar-refractivity contribution in [3.05, 3.63) is 28.2 Å². The van der Waals surface area contributed by atoms with E-state index in [1.165, 1.54) is 12.0 Å². The molecule has 0 saturated heterocycles. The number of H-pyrrole nitrogens is 1. The second-order valence-corrected chi connectivity index (χ2v) is 5.08. The van der Waals surface area contributed by atoms with E-state index in [0.29, 0.717) is 6.07 Å². The zero-order chi connectivity index (χ0) is 20.1. The second kappa shape index (κ2) is 5.75. The summed E-state index contributed by atoms with van der Waals surface area (Å²) in [6, 6.07) is 0.491. The molecule has 146 valence electrons. The molecular weight excluding hydrogens is 383 g/mol. The van der Waals surface area contributed by atoms with Gasteiger partial charge in [0.2, 0.25) is 0 Å². The van der Waals surface area contributed by atoms with Crippen molar-refractivity contribution in [3.63, 3.8) is 0 Å². The fraction of sp³-hybridized carbons (Fsp3) is 0.500. The zero-order valence-electron chi connectivity index (χ0n) is 12.6. The summed E-state index contributed by atoms with van der Waals surface area (Å²) >= 11 is 0. The van der Waals surface area contributed by atoms with Gasteiger partial charge in [0.1, 0.15) is 11.4 Å². The number of carbonyl (C=O) groups is 1. The minimum Gasteiger partial charge on any atom is -0.462 e. The lowest BCUT2D eigenvalue weighted by Crippen LogP contribution is -2.67. The smallest absolute Gasteiger partial charge is 0.460 e. The standard InChI is InChI=1S/C12H10F7N3O4/c1-2-26-8(24)5-4-20-6-3-7(23)21-22(6)9(5,25)10(13,14)11(15,16)12(17,18)19/h3-4,20,25H,2H2,1H3,(H,21,23). The number of aromatic amines is 1. The van der Waals surface area contributed by atoms with Crippen molar-refractivity contribution in [1.29, 1.82) is 0 Å². The summed E-state index contributed by atoms with van der Waals surface area (Å²) in [4.78, 5) is 23.1. The molecule has 0 amide bonds. The first kappa shape index (κ1) is 19.8. The van der Waals surface area contributed by atoms with Gasteiger partial charge in [-0.15, -0.1) is 0 Å². The molecule has 1 aromatic rings. The van der Waals surface area contributed by atoms with Crippen LogP contribution in [0.15, 0.2) is 22.6 Å². The van der Waals surface area contributed by atoms with Crippen LogP contribution in [-0.2, 0) is 15.3 Å². The summed E-state index contributed by atoms with van der Waals surface area (Å²) in [6.07, 6.45) is -6.54. The third-order valence-corrected chi connectivity index (χ3v) is 3.48. The zero-order valence-corrected chi connectivity index (χ0v) is 12.6. The maximum atomic E-state index is 14.4. The molecular formula is C12H10F7N3O4. The Bertz CT molecular complexity index is 810. The molecule has 0 saturated carbocycles. The molecule has 0 spiro atoms. The number of halogens is 7. The van der Waals surface area contributed by atoms with E-state index in [0.717, 1.165) is 0 Å². The van der Waals surface area contributed by atoms with Gasteiger partial charge in [-0.1, -0.05) is 0 Å². The van der Waals surface area contributed by atoms with Crippen LogP contribution in [0.5, 0.6) is 0 Å². The summed E-state index contributed by atoms with van der Waals surface area (Å²) in [6.45, 7) is 0.724. The normalized spacial score (nSPS) is 20.9. The highest BCUT2D eigenvalue weighted by Crippen LogP contribution is 2.55. The topological polar surface area (TPSA) is 96.4 Å². The molecule has 1 aliphatic heterocycles. The number of nitrogens with one attached hydrogen (secondary N) is 2. The monoisotopic (exact) mass is 393 g/mol. The second-order valence-electron chi connectivity index (χ2n) is 5.08. The van der Waals surface area contributed by atoms with E-state index in [2.05, 4.69) is 4.74 Å². The van der Waals surface area contributed by atoms with Crippen LogP contribution in [0.4, 0.5) is 36.6 Å². The van der Waals surface area contributed by atoms with Crippen LogP contribution >= 0.6 is 0 Å². The van der Waals surface area contributed by atoms with E-state index in [1.807, 2.05) is 5.32 Å². The summed E-state index contributed by atoms with van der Waals surface area (Å²) in [5, 5.41) is 13.8. The van der Waals surface area contributed by atoms with Gasteiger partial charge in [-0.3, -0.25) is 9.89 Å². The van der Waals surface area contributed by atoms with E-state index in [9.17, 15) is 45.4 Å². The van der Waals surface area contributed by atoms with Gasteiger partial charge in [0.05, 0.1) is 6.61 Å². The minimum absolute atomic E-state index is 0.251. The molecule has 2 heterocycles. The summed E-state index contributed by atoms with van der Waals surface area (Å²) in [5.41, 5.74) is -7.51. The molecule has 0 aromatic carbocycles. The molecule has 1 aromatic heterocycles. The number of aliphatic hydroxyl groups is 1. The predicted molar refractivity (Wildman–Crippen MR) is 69.5 cm³/mol. The Morgan fingerprint density at radius 1 is 1.27 bits per heavy atom. The van der Waals surface area contributed by atoms with Crippen LogP contribution in [0.1, 0.15) is 6.92 Å². The van der Waals surface area contributed by atoms with Gasteiger partial charge >= 0.3 is 24.0 Å². The first-order chi connectivity index (χ1) is 11.7. The molecule has 0 bridgehead atoms. The predicted octanol–water partition coefficient (Wildman–Crippen LogP) is 1.53. The van der Waals surface area contributed by atoms with Crippen molar-refractivity contribution in [2.75, 3.05) is 11.9 Å². The Morgan fingerprint density at radius 3 is 2.35 bits per heavy atom. The number of nitrogens with zero attached hydrogens (tertiary/aromatic N) is 1. The van der Waals surface area contributed by atoms with Gasteiger partial charge in [-0.25, -0.2) is 9.48 Å². The maximum Gasteiger partial charge on any atom is 0.460 e. The van der Waals surface area contributed by atoms with Crippen LogP contribution in [0.2, 0.25) is 0 Å². The highest BCUT2D eigenvalue weighted by atomic mass is 19.4. The van der Waals surface area contributed by atoms with Gasteiger partial charge < -0.3 is 15.2 Å². The highest BCUT2D eigenvalue weighted by molar-refractivity contribution is 5.91. The van der Waals surface area contributed by atoms with Gasteiger partial charge in [0, 0.05) is 12.3 Å². The molecule has 2 rings (SSSR count). The van der Waals surface area contributed by atoms with Crippen molar-refractivity contribution in [3.8, 4) is 0 Å². The SMILES string of the molecule is CCOC(=O)C1=CNc2cc(=O)[nH]n2C1(O)C(F)(F)C(F)(F)C(F)(F)F. The Labute approximate surface area is 139 Å². The Balaban J connectivity index is 2.79. The van der Waals surface area contributed by atoms with E-state index >= 15 is 0 Å². The van der Waals surface area contributed by atoms with E-state index in [1.54, 1.807) is 0 Å².